The maximum atomic E-state index is 4.43. The van der Waals surface area contributed by atoms with E-state index in [9.17, 15) is 0 Å². The van der Waals surface area contributed by atoms with Crippen LogP contribution < -0.4 is 10.2 Å². The average Bonchev–Trinajstić information content (AvgIpc) is 2.50. The van der Waals surface area contributed by atoms with Gasteiger partial charge in [0.05, 0.1) is 0 Å². The zero-order valence-corrected chi connectivity index (χ0v) is 13.1. The Morgan fingerprint density at radius 2 is 2.00 bits per heavy atom. The molecule has 0 aromatic carbocycles. The molecule has 2 rings (SSSR count). The lowest BCUT2D eigenvalue weighted by Crippen LogP contribution is -2.21. The van der Waals surface area contributed by atoms with Crippen LogP contribution in [0, 0.1) is 6.92 Å². The van der Waals surface area contributed by atoms with Gasteiger partial charge in [0.25, 0.3) is 0 Å². The van der Waals surface area contributed by atoms with Crippen molar-refractivity contribution in [2.75, 3.05) is 18.5 Å². The van der Waals surface area contributed by atoms with E-state index in [1.165, 1.54) is 16.8 Å². The highest BCUT2D eigenvalue weighted by Gasteiger charge is 2.09. The first-order valence-corrected chi connectivity index (χ1v) is 7.47. The summed E-state index contributed by atoms with van der Waals surface area (Å²) >= 11 is 0. The Balaban J connectivity index is 2.14. The molecule has 0 aliphatic rings. The normalized spacial score (nSPS) is 10.6. The molecular formula is C17H24N4. The summed E-state index contributed by atoms with van der Waals surface area (Å²) in [5.74, 6) is 0. The first-order chi connectivity index (χ1) is 10.2. The minimum absolute atomic E-state index is 0.858. The molecule has 0 spiro atoms. The summed E-state index contributed by atoms with van der Waals surface area (Å²) in [4.78, 5) is 10.8. The Kier molecular flexibility index (Phi) is 5.69. The third-order valence-electron chi connectivity index (χ3n) is 3.42. The summed E-state index contributed by atoms with van der Waals surface area (Å²) in [5, 5.41) is 3.45. The fraction of sp³-hybridized carbons (Fsp3) is 0.412. The number of rotatable bonds is 7. The van der Waals surface area contributed by atoms with Crippen LogP contribution in [0.15, 0.2) is 36.8 Å². The van der Waals surface area contributed by atoms with Gasteiger partial charge in [0.1, 0.15) is 0 Å². The van der Waals surface area contributed by atoms with E-state index in [-0.39, 0.29) is 0 Å². The first-order valence-electron chi connectivity index (χ1n) is 7.47. The Labute approximate surface area is 127 Å². The van der Waals surface area contributed by atoms with Crippen molar-refractivity contribution in [3.8, 4) is 0 Å². The number of anilines is 1. The molecule has 2 heterocycles. The fourth-order valence-electron chi connectivity index (χ4n) is 2.31. The third kappa shape index (κ3) is 4.53. The summed E-state index contributed by atoms with van der Waals surface area (Å²) in [6, 6.07) is 6.27. The van der Waals surface area contributed by atoms with Gasteiger partial charge in [-0.15, -0.1) is 0 Å². The monoisotopic (exact) mass is 284 g/mol. The zero-order valence-electron chi connectivity index (χ0n) is 13.1. The number of aromatic nitrogens is 2. The average molecular weight is 284 g/mol. The standard InChI is InChI=1S/C17H24N4/c1-4-7-19-11-16-12-20-14(2)10-17(16)21(3)13-15-5-8-18-9-6-15/h5-6,8-10,12,19H,4,7,11,13H2,1-3H3. The Hall–Kier alpha value is -1.94. The Bertz CT molecular complexity index is 554. The molecule has 0 aliphatic heterocycles. The zero-order chi connectivity index (χ0) is 15.1. The SMILES string of the molecule is CCCNCc1cnc(C)cc1N(C)Cc1ccncc1. The van der Waals surface area contributed by atoms with Crippen LogP contribution in [-0.2, 0) is 13.1 Å². The van der Waals surface area contributed by atoms with Crippen LogP contribution in [0.1, 0.15) is 30.2 Å². The molecule has 112 valence electrons. The number of hydrogen-bond donors (Lipinski definition) is 1. The number of nitrogens with one attached hydrogen (secondary N) is 1. The summed E-state index contributed by atoms with van der Waals surface area (Å²) < 4.78 is 0. The lowest BCUT2D eigenvalue weighted by Gasteiger charge is -2.23. The van der Waals surface area contributed by atoms with Gasteiger partial charge < -0.3 is 10.2 Å². The molecule has 4 nitrogen and oxygen atoms in total. The van der Waals surface area contributed by atoms with Gasteiger partial charge >= 0.3 is 0 Å². The van der Waals surface area contributed by atoms with Crippen molar-refractivity contribution in [3.63, 3.8) is 0 Å². The van der Waals surface area contributed by atoms with E-state index < -0.39 is 0 Å². The molecule has 0 bridgehead atoms. The van der Waals surface area contributed by atoms with Crippen LogP contribution in [0.2, 0.25) is 0 Å². The van der Waals surface area contributed by atoms with E-state index in [1.807, 2.05) is 25.5 Å². The number of aryl methyl sites for hydroxylation is 1. The molecule has 0 saturated carbocycles. The molecule has 0 unspecified atom stereocenters. The van der Waals surface area contributed by atoms with E-state index in [1.54, 1.807) is 0 Å². The summed E-state index contributed by atoms with van der Waals surface area (Å²) in [6.07, 6.45) is 6.80. The third-order valence-corrected chi connectivity index (χ3v) is 3.42. The van der Waals surface area contributed by atoms with E-state index in [2.05, 4.69) is 52.4 Å². The lowest BCUT2D eigenvalue weighted by molar-refractivity contribution is 0.671. The molecule has 0 aliphatic carbocycles. The largest absolute Gasteiger partial charge is 0.370 e. The van der Waals surface area contributed by atoms with Crippen molar-refractivity contribution in [3.05, 3.63) is 53.6 Å². The van der Waals surface area contributed by atoms with Crippen LogP contribution >= 0.6 is 0 Å². The van der Waals surface area contributed by atoms with Crippen molar-refractivity contribution >= 4 is 5.69 Å². The minimum atomic E-state index is 0.858. The van der Waals surface area contributed by atoms with E-state index in [0.717, 1.165) is 31.7 Å². The molecule has 0 radical (unpaired) electrons. The first kappa shape index (κ1) is 15.4. The number of nitrogens with zero attached hydrogens (tertiary/aromatic N) is 3. The quantitative estimate of drug-likeness (QED) is 0.794. The van der Waals surface area contributed by atoms with Gasteiger partial charge in [0.15, 0.2) is 0 Å². The van der Waals surface area contributed by atoms with Gasteiger partial charge in [0, 0.05) is 55.7 Å². The molecule has 21 heavy (non-hydrogen) atoms. The highest BCUT2D eigenvalue weighted by Crippen LogP contribution is 2.21. The second-order valence-corrected chi connectivity index (χ2v) is 5.34. The second kappa shape index (κ2) is 7.74. The summed E-state index contributed by atoms with van der Waals surface area (Å²) in [7, 11) is 2.12. The van der Waals surface area contributed by atoms with Crippen molar-refractivity contribution in [1.29, 1.82) is 0 Å². The van der Waals surface area contributed by atoms with Gasteiger partial charge in [-0.25, -0.2) is 0 Å². The van der Waals surface area contributed by atoms with E-state index in [4.69, 9.17) is 0 Å². The predicted molar refractivity (Wildman–Crippen MR) is 87.3 cm³/mol. The Morgan fingerprint density at radius 1 is 1.24 bits per heavy atom. The molecule has 0 amide bonds. The maximum Gasteiger partial charge on any atom is 0.0445 e. The van der Waals surface area contributed by atoms with Crippen molar-refractivity contribution in [1.82, 2.24) is 15.3 Å². The van der Waals surface area contributed by atoms with Crippen molar-refractivity contribution in [2.45, 2.75) is 33.4 Å². The highest BCUT2D eigenvalue weighted by molar-refractivity contribution is 5.53. The summed E-state index contributed by atoms with van der Waals surface area (Å²) in [6.45, 7) is 6.97. The van der Waals surface area contributed by atoms with Crippen molar-refractivity contribution < 1.29 is 0 Å². The molecular weight excluding hydrogens is 260 g/mol. The van der Waals surface area contributed by atoms with Gasteiger partial charge in [-0.1, -0.05) is 6.92 Å². The van der Waals surface area contributed by atoms with Gasteiger partial charge in [0.2, 0.25) is 0 Å². The van der Waals surface area contributed by atoms with Crippen LogP contribution in [0.3, 0.4) is 0 Å². The van der Waals surface area contributed by atoms with Crippen LogP contribution in [0.5, 0.6) is 0 Å². The number of pyridine rings is 2. The molecule has 0 saturated heterocycles. The molecule has 1 N–H and O–H groups in total. The van der Waals surface area contributed by atoms with Gasteiger partial charge in [-0.3, -0.25) is 9.97 Å². The molecule has 2 aromatic heterocycles. The summed E-state index contributed by atoms with van der Waals surface area (Å²) in [5.41, 5.74) is 4.79. The number of hydrogen-bond acceptors (Lipinski definition) is 4. The van der Waals surface area contributed by atoms with Gasteiger partial charge in [-0.05, 0) is 43.7 Å². The Morgan fingerprint density at radius 3 is 2.71 bits per heavy atom. The minimum Gasteiger partial charge on any atom is -0.370 e. The molecule has 4 heteroatoms. The van der Waals surface area contributed by atoms with Crippen LogP contribution in [0.25, 0.3) is 0 Å². The van der Waals surface area contributed by atoms with E-state index >= 15 is 0 Å². The predicted octanol–water partition coefficient (Wildman–Crippen LogP) is 2.92. The van der Waals surface area contributed by atoms with Gasteiger partial charge in [-0.2, -0.15) is 0 Å². The highest BCUT2D eigenvalue weighted by atomic mass is 15.1. The van der Waals surface area contributed by atoms with Crippen LogP contribution in [0.4, 0.5) is 5.69 Å². The van der Waals surface area contributed by atoms with Crippen molar-refractivity contribution in [2.24, 2.45) is 0 Å². The molecule has 0 atom stereocenters. The lowest BCUT2D eigenvalue weighted by atomic mass is 10.1. The fourth-order valence-corrected chi connectivity index (χ4v) is 2.31. The van der Waals surface area contributed by atoms with Crippen LogP contribution in [-0.4, -0.2) is 23.6 Å². The topological polar surface area (TPSA) is 41.1 Å². The molecule has 2 aromatic rings. The molecule has 0 fully saturated rings. The smallest absolute Gasteiger partial charge is 0.0445 e. The second-order valence-electron chi connectivity index (χ2n) is 5.34. The maximum absolute atomic E-state index is 4.43. The van der Waals surface area contributed by atoms with E-state index in [0.29, 0.717) is 0 Å².